The summed E-state index contributed by atoms with van der Waals surface area (Å²) < 4.78 is 15.9. The van der Waals surface area contributed by atoms with Crippen molar-refractivity contribution in [2.24, 2.45) is 5.92 Å². The van der Waals surface area contributed by atoms with Crippen LogP contribution in [-0.2, 0) is 16.1 Å². The largest absolute Gasteiger partial charge is 0.497 e. The number of piperidine rings is 1. The number of rotatable bonds is 8. The molecule has 8 heteroatoms. The van der Waals surface area contributed by atoms with Crippen molar-refractivity contribution in [1.29, 1.82) is 0 Å². The summed E-state index contributed by atoms with van der Waals surface area (Å²) in [5.41, 5.74) is 1.94. The molecule has 1 atom stereocenters. The number of nitrogens with one attached hydrogen (secondary N) is 1. The molecule has 2 aromatic carbocycles. The highest BCUT2D eigenvalue weighted by molar-refractivity contribution is 6.00. The Morgan fingerprint density at radius 2 is 1.76 bits per heavy atom. The molecular formula is C26H33N3O5. The van der Waals surface area contributed by atoms with Crippen molar-refractivity contribution >= 4 is 17.5 Å². The van der Waals surface area contributed by atoms with Crippen LogP contribution < -0.4 is 24.4 Å². The molecule has 1 unspecified atom stereocenters. The summed E-state index contributed by atoms with van der Waals surface area (Å²) in [5, 5.41) is 3.19. The highest BCUT2D eigenvalue weighted by Crippen LogP contribution is 2.34. The van der Waals surface area contributed by atoms with Gasteiger partial charge in [-0.2, -0.15) is 0 Å². The molecule has 0 aliphatic carbocycles. The van der Waals surface area contributed by atoms with E-state index in [1.807, 2.05) is 18.2 Å². The van der Waals surface area contributed by atoms with Gasteiger partial charge in [-0.05, 0) is 42.7 Å². The van der Waals surface area contributed by atoms with Crippen molar-refractivity contribution in [3.8, 4) is 17.2 Å². The molecule has 2 amide bonds. The Balaban J connectivity index is 1.28. The molecule has 0 spiro atoms. The van der Waals surface area contributed by atoms with Gasteiger partial charge >= 0.3 is 0 Å². The monoisotopic (exact) mass is 467 g/mol. The molecule has 2 aliphatic heterocycles. The molecule has 4 rings (SSSR count). The highest BCUT2D eigenvalue weighted by Gasteiger charge is 2.36. The molecule has 1 N–H and O–H groups in total. The first-order valence-electron chi connectivity index (χ1n) is 11.7. The number of hydrogen-bond donors (Lipinski definition) is 1. The van der Waals surface area contributed by atoms with Gasteiger partial charge in [-0.1, -0.05) is 12.1 Å². The van der Waals surface area contributed by atoms with Gasteiger partial charge in [0.05, 0.1) is 27.2 Å². The van der Waals surface area contributed by atoms with Gasteiger partial charge in [0, 0.05) is 50.4 Å². The van der Waals surface area contributed by atoms with Crippen molar-refractivity contribution in [1.82, 2.24) is 10.2 Å². The van der Waals surface area contributed by atoms with Gasteiger partial charge in [0.1, 0.15) is 5.75 Å². The van der Waals surface area contributed by atoms with Crippen LogP contribution in [0.2, 0.25) is 0 Å². The van der Waals surface area contributed by atoms with E-state index in [1.165, 1.54) is 5.56 Å². The number of amides is 2. The summed E-state index contributed by atoms with van der Waals surface area (Å²) >= 11 is 0. The average molecular weight is 468 g/mol. The molecule has 0 radical (unpaired) electrons. The Morgan fingerprint density at radius 3 is 2.47 bits per heavy atom. The Morgan fingerprint density at radius 1 is 1.00 bits per heavy atom. The van der Waals surface area contributed by atoms with Gasteiger partial charge in [0.2, 0.25) is 11.8 Å². The van der Waals surface area contributed by atoms with Crippen LogP contribution in [-0.4, -0.2) is 63.7 Å². The zero-order valence-corrected chi connectivity index (χ0v) is 20.1. The molecule has 8 nitrogen and oxygen atoms in total. The lowest BCUT2D eigenvalue weighted by molar-refractivity contribution is -0.127. The van der Waals surface area contributed by atoms with Crippen LogP contribution in [0.1, 0.15) is 24.8 Å². The lowest BCUT2D eigenvalue weighted by Gasteiger charge is -2.33. The van der Waals surface area contributed by atoms with Crippen LogP contribution >= 0.6 is 0 Å². The second kappa shape index (κ2) is 10.8. The average Bonchev–Trinajstić information content (AvgIpc) is 3.26. The maximum atomic E-state index is 12.9. The van der Waals surface area contributed by atoms with E-state index in [1.54, 1.807) is 38.4 Å². The van der Waals surface area contributed by atoms with E-state index in [-0.39, 0.29) is 30.2 Å². The van der Waals surface area contributed by atoms with E-state index in [0.717, 1.165) is 38.2 Å². The van der Waals surface area contributed by atoms with Gasteiger partial charge in [0.25, 0.3) is 0 Å². The van der Waals surface area contributed by atoms with E-state index >= 15 is 0 Å². The van der Waals surface area contributed by atoms with Gasteiger partial charge in [-0.25, -0.2) is 0 Å². The molecule has 182 valence electrons. The number of benzene rings is 2. The van der Waals surface area contributed by atoms with Crippen molar-refractivity contribution in [2.75, 3.05) is 45.9 Å². The number of likely N-dealkylation sites (tertiary alicyclic amines) is 1. The Labute approximate surface area is 200 Å². The van der Waals surface area contributed by atoms with Crippen LogP contribution in [0.3, 0.4) is 0 Å². The fraction of sp³-hybridized carbons (Fsp3) is 0.462. The first-order valence-corrected chi connectivity index (χ1v) is 11.7. The highest BCUT2D eigenvalue weighted by atomic mass is 16.5. The third kappa shape index (κ3) is 5.44. The molecular weight excluding hydrogens is 434 g/mol. The Bertz CT molecular complexity index is 1020. The van der Waals surface area contributed by atoms with Crippen molar-refractivity contribution in [2.45, 2.75) is 31.8 Å². The van der Waals surface area contributed by atoms with Crippen molar-refractivity contribution in [3.63, 3.8) is 0 Å². The first-order chi connectivity index (χ1) is 16.5. The summed E-state index contributed by atoms with van der Waals surface area (Å²) in [6.45, 7) is 3.08. The molecule has 0 saturated carbocycles. The predicted octanol–water partition coefficient (Wildman–Crippen LogP) is 2.85. The second-order valence-corrected chi connectivity index (χ2v) is 8.86. The number of nitrogens with zero attached hydrogens (tertiary/aromatic N) is 2. The number of anilines is 1. The summed E-state index contributed by atoms with van der Waals surface area (Å²) in [6, 6.07) is 13.6. The minimum Gasteiger partial charge on any atom is -0.497 e. The maximum absolute atomic E-state index is 12.9. The Kier molecular flexibility index (Phi) is 7.57. The molecule has 34 heavy (non-hydrogen) atoms. The van der Waals surface area contributed by atoms with E-state index in [0.29, 0.717) is 23.7 Å². The number of methoxy groups -OCH3 is 3. The SMILES string of the molecule is COc1cccc(CN2CCC(NC(=O)C3CC(=O)N(c4ccc(OC)c(OC)c4)C3)CC2)c1. The van der Waals surface area contributed by atoms with Crippen molar-refractivity contribution in [3.05, 3.63) is 48.0 Å². The first kappa shape index (κ1) is 23.9. The minimum absolute atomic E-state index is 0.0393. The number of ether oxygens (including phenoxy) is 3. The van der Waals surface area contributed by atoms with Gasteiger partial charge in [-0.3, -0.25) is 14.5 Å². The lowest BCUT2D eigenvalue weighted by Crippen LogP contribution is -2.46. The predicted molar refractivity (Wildman–Crippen MR) is 129 cm³/mol. The maximum Gasteiger partial charge on any atom is 0.227 e. The van der Waals surface area contributed by atoms with E-state index < -0.39 is 0 Å². The van der Waals surface area contributed by atoms with Gasteiger partial charge in [-0.15, -0.1) is 0 Å². The molecule has 2 saturated heterocycles. The Hall–Kier alpha value is -3.26. The number of hydrogen-bond acceptors (Lipinski definition) is 6. The summed E-state index contributed by atoms with van der Waals surface area (Å²) in [5.74, 6) is 1.58. The summed E-state index contributed by atoms with van der Waals surface area (Å²) in [7, 11) is 4.81. The van der Waals surface area contributed by atoms with Gasteiger partial charge in [0.15, 0.2) is 11.5 Å². The fourth-order valence-electron chi connectivity index (χ4n) is 4.71. The van der Waals surface area contributed by atoms with Crippen LogP contribution in [0.25, 0.3) is 0 Å². The zero-order chi connectivity index (χ0) is 24.1. The van der Waals surface area contributed by atoms with Crippen LogP contribution in [0.15, 0.2) is 42.5 Å². The summed E-state index contributed by atoms with van der Waals surface area (Å²) in [6.07, 6.45) is 2.01. The van der Waals surface area contributed by atoms with E-state index in [4.69, 9.17) is 14.2 Å². The fourth-order valence-corrected chi connectivity index (χ4v) is 4.71. The van der Waals surface area contributed by atoms with Crippen LogP contribution in [0.4, 0.5) is 5.69 Å². The molecule has 2 aromatic rings. The lowest BCUT2D eigenvalue weighted by atomic mass is 10.0. The molecule has 2 heterocycles. The third-order valence-corrected chi connectivity index (χ3v) is 6.65. The number of carbonyl (C=O) groups excluding carboxylic acids is 2. The minimum atomic E-state index is -0.351. The smallest absolute Gasteiger partial charge is 0.227 e. The van der Waals surface area contributed by atoms with E-state index in [2.05, 4.69) is 22.3 Å². The quantitative estimate of drug-likeness (QED) is 0.643. The summed E-state index contributed by atoms with van der Waals surface area (Å²) in [4.78, 5) is 29.7. The second-order valence-electron chi connectivity index (χ2n) is 8.86. The molecule has 2 aliphatic rings. The molecule has 0 aromatic heterocycles. The van der Waals surface area contributed by atoms with Crippen LogP contribution in [0.5, 0.6) is 17.2 Å². The normalized spacial score (nSPS) is 19.2. The van der Waals surface area contributed by atoms with Gasteiger partial charge < -0.3 is 24.4 Å². The third-order valence-electron chi connectivity index (χ3n) is 6.65. The van der Waals surface area contributed by atoms with Crippen LogP contribution in [0, 0.1) is 5.92 Å². The number of carbonyl (C=O) groups is 2. The van der Waals surface area contributed by atoms with Crippen molar-refractivity contribution < 1.29 is 23.8 Å². The zero-order valence-electron chi connectivity index (χ0n) is 20.1. The molecule has 2 fully saturated rings. The standard InChI is InChI=1S/C26H33N3O5/c1-32-22-6-4-5-18(13-22)16-28-11-9-20(10-12-28)27-26(31)19-14-25(30)29(17-19)21-7-8-23(33-2)24(15-21)34-3/h4-8,13,15,19-20H,9-12,14,16-17H2,1-3H3,(H,27,31). The molecule has 0 bridgehead atoms. The topological polar surface area (TPSA) is 80.3 Å². The van der Waals surface area contributed by atoms with E-state index in [9.17, 15) is 9.59 Å².